The van der Waals surface area contributed by atoms with Crippen LogP contribution in [0.3, 0.4) is 0 Å². The molecule has 0 saturated heterocycles. The number of amides is 2. The van der Waals surface area contributed by atoms with Crippen molar-refractivity contribution >= 4 is 46.4 Å². The van der Waals surface area contributed by atoms with E-state index in [0.717, 1.165) is 6.07 Å². The Morgan fingerprint density at radius 3 is 2.53 bits per heavy atom. The lowest BCUT2D eigenvalue weighted by molar-refractivity contribution is -0.384. The van der Waals surface area contributed by atoms with Crippen molar-refractivity contribution < 1.29 is 24.0 Å². The van der Waals surface area contributed by atoms with Gasteiger partial charge in [-0.3, -0.25) is 29.4 Å². The second-order valence-corrected chi connectivity index (χ2v) is 6.81. The van der Waals surface area contributed by atoms with Gasteiger partial charge in [-0.15, -0.1) is 0 Å². The van der Waals surface area contributed by atoms with Crippen molar-refractivity contribution in [2.75, 3.05) is 29.5 Å². The molecule has 0 aliphatic carbocycles. The molecule has 0 saturated carbocycles. The Balaban J connectivity index is 1.99. The van der Waals surface area contributed by atoms with Gasteiger partial charge in [-0.25, -0.2) is 0 Å². The van der Waals surface area contributed by atoms with E-state index in [1.165, 1.54) is 21.9 Å². The van der Waals surface area contributed by atoms with E-state index in [0.29, 0.717) is 11.4 Å². The quantitative estimate of drug-likeness (QED) is 0.408. The number of nitrogens with zero attached hydrogens (tertiary/aromatic N) is 3. The number of carbonyl (C=O) groups is 3. The molecule has 0 bridgehead atoms. The minimum absolute atomic E-state index is 0.0234. The highest BCUT2D eigenvalue weighted by atomic mass is 35.5. The van der Waals surface area contributed by atoms with Gasteiger partial charge in [-0.1, -0.05) is 23.7 Å². The topological polar surface area (TPSA) is 110 Å². The predicted octanol–water partition coefficient (Wildman–Crippen LogP) is 3.19. The molecule has 0 radical (unpaired) electrons. The highest BCUT2D eigenvalue weighted by molar-refractivity contribution is 6.35. The molecular weight excluding hydrogens is 414 g/mol. The normalized spacial score (nSPS) is 13.5. The lowest BCUT2D eigenvalue weighted by atomic mass is 10.1. The molecule has 0 spiro atoms. The summed E-state index contributed by atoms with van der Waals surface area (Å²) in [5, 5.41) is 10.9. The Labute approximate surface area is 176 Å². The lowest BCUT2D eigenvalue weighted by Crippen LogP contribution is -2.36. The van der Waals surface area contributed by atoms with Gasteiger partial charge in [-0.05, 0) is 25.1 Å². The zero-order valence-corrected chi connectivity index (χ0v) is 16.8. The second kappa shape index (κ2) is 8.91. The first-order valence-electron chi connectivity index (χ1n) is 9.14. The van der Waals surface area contributed by atoms with Crippen molar-refractivity contribution in [1.29, 1.82) is 0 Å². The van der Waals surface area contributed by atoms with Gasteiger partial charge >= 0.3 is 5.97 Å². The van der Waals surface area contributed by atoms with Crippen molar-refractivity contribution in [3.8, 4) is 0 Å². The van der Waals surface area contributed by atoms with Gasteiger partial charge in [0.25, 0.3) is 11.6 Å². The number of ether oxygens (including phenoxy) is 1. The summed E-state index contributed by atoms with van der Waals surface area (Å²) < 4.78 is 4.95. The van der Waals surface area contributed by atoms with E-state index in [1.54, 1.807) is 31.2 Å². The highest BCUT2D eigenvalue weighted by Gasteiger charge is 2.31. The third-order valence-corrected chi connectivity index (χ3v) is 4.86. The maximum atomic E-state index is 13.2. The molecular formula is C20H18ClN3O6. The number of rotatable bonds is 5. The largest absolute Gasteiger partial charge is 0.465 e. The number of benzene rings is 2. The Hall–Kier alpha value is -3.46. The van der Waals surface area contributed by atoms with Crippen LogP contribution < -0.4 is 9.80 Å². The maximum absolute atomic E-state index is 13.2. The van der Waals surface area contributed by atoms with Crippen LogP contribution in [0.15, 0.2) is 42.5 Å². The molecule has 30 heavy (non-hydrogen) atoms. The first-order chi connectivity index (χ1) is 14.3. The van der Waals surface area contributed by atoms with Crippen molar-refractivity contribution in [2.45, 2.75) is 13.3 Å². The average Bonchev–Trinajstić information content (AvgIpc) is 2.85. The van der Waals surface area contributed by atoms with E-state index in [-0.39, 0.29) is 48.3 Å². The monoisotopic (exact) mass is 431 g/mol. The van der Waals surface area contributed by atoms with E-state index in [1.807, 2.05) is 0 Å². The number of hydrogen-bond acceptors (Lipinski definition) is 6. The van der Waals surface area contributed by atoms with Crippen molar-refractivity contribution in [3.63, 3.8) is 0 Å². The van der Waals surface area contributed by atoms with Gasteiger partial charge in [0.05, 0.1) is 33.5 Å². The predicted molar refractivity (Wildman–Crippen MR) is 110 cm³/mol. The molecule has 9 nitrogen and oxygen atoms in total. The third-order valence-electron chi connectivity index (χ3n) is 4.55. The summed E-state index contributed by atoms with van der Waals surface area (Å²) in [7, 11) is 0. The summed E-state index contributed by atoms with van der Waals surface area (Å²) >= 11 is 6.13. The zero-order chi connectivity index (χ0) is 21.8. The van der Waals surface area contributed by atoms with Gasteiger partial charge in [0, 0.05) is 25.1 Å². The SMILES string of the molecule is CCOC(=O)CN1C(=O)CCN(C(=O)c2ccc([N+](=O)[O-])cc2Cl)c2ccccc21. The summed E-state index contributed by atoms with van der Waals surface area (Å²) in [6, 6.07) is 10.3. The number of nitro benzene ring substituents is 1. The van der Waals surface area contributed by atoms with Crippen molar-refractivity contribution in [1.82, 2.24) is 0 Å². The number of nitro groups is 1. The van der Waals surface area contributed by atoms with Crippen LogP contribution in [0.5, 0.6) is 0 Å². The van der Waals surface area contributed by atoms with E-state index >= 15 is 0 Å². The van der Waals surface area contributed by atoms with Gasteiger partial charge in [-0.2, -0.15) is 0 Å². The van der Waals surface area contributed by atoms with Gasteiger partial charge in [0.1, 0.15) is 6.54 Å². The van der Waals surface area contributed by atoms with Crippen LogP contribution >= 0.6 is 11.6 Å². The number of halogens is 1. The number of fused-ring (bicyclic) bond motifs is 1. The van der Waals surface area contributed by atoms with Crippen LogP contribution in [0.25, 0.3) is 0 Å². The smallest absolute Gasteiger partial charge is 0.326 e. The Morgan fingerprint density at radius 2 is 1.90 bits per heavy atom. The van der Waals surface area contributed by atoms with Crippen LogP contribution in [0.1, 0.15) is 23.7 Å². The molecule has 0 unspecified atom stereocenters. The summed E-state index contributed by atoms with van der Waals surface area (Å²) in [6.07, 6.45) is -0.0234. The molecule has 1 aliphatic rings. The summed E-state index contributed by atoms with van der Waals surface area (Å²) in [5.74, 6) is -1.40. The minimum Gasteiger partial charge on any atom is -0.465 e. The van der Waals surface area contributed by atoms with Gasteiger partial charge in [0.15, 0.2) is 0 Å². The van der Waals surface area contributed by atoms with Gasteiger partial charge < -0.3 is 9.64 Å². The summed E-state index contributed by atoms with van der Waals surface area (Å²) in [5.41, 5.74) is 0.651. The molecule has 2 aromatic rings. The van der Waals surface area contributed by atoms with Crippen LogP contribution in [0.2, 0.25) is 5.02 Å². The molecule has 2 amide bonds. The average molecular weight is 432 g/mol. The van der Waals surface area contributed by atoms with Crippen LogP contribution in [0.4, 0.5) is 17.1 Å². The Kier molecular flexibility index (Phi) is 6.31. The number of hydrogen-bond donors (Lipinski definition) is 0. The second-order valence-electron chi connectivity index (χ2n) is 6.40. The molecule has 0 fully saturated rings. The van der Waals surface area contributed by atoms with Gasteiger partial charge in [0.2, 0.25) is 5.91 Å². The fraction of sp³-hybridized carbons (Fsp3) is 0.250. The number of para-hydroxylation sites is 2. The first-order valence-corrected chi connectivity index (χ1v) is 9.52. The third kappa shape index (κ3) is 4.25. The molecule has 3 rings (SSSR count). The van der Waals surface area contributed by atoms with E-state index in [4.69, 9.17) is 16.3 Å². The van der Waals surface area contributed by atoms with E-state index in [9.17, 15) is 24.5 Å². The van der Waals surface area contributed by atoms with E-state index in [2.05, 4.69) is 0 Å². The molecule has 156 valence electrons. The molecule has 0 aromatic heterocycles. The Bertz CT molecular complexity index is 1030. The van der Waals surface area contributed by atoms with Crippen LogP contribution in [-0.4, -0.2) is 42.4 Å². The maximum Gasteiger partial charge on any atom is 0.326 e. The minimum atomic E-state index is -0.604. The lowest BCUT2D eigenvalue weighted by Gasteiger charge is -2.25. The molecule has 1 heterocycles. The van der Waals surface area contributed by atoms with Crippen LogP contribution in [-0.2, 0) is 14.3 Å². The van der Waals surface area contributed by atoms with Crippen molar-refractivity contribution in [3.05, 3.63) is 63.2 Å². The zero-order valence-electron chi connectivity index (χ0n) is 16.0. The molecule has 2 aromatic carbocycles. The fourth-order valence-corrected chi connectivity index (χ4v) is 3.43. The Morgan fingerprint density at radius 1 is 1.20 bits per heavy atom. The first kappa shape index (κ1) is 21.3. The molecule has 0 N–H and O–H groups in total. The summed E-state index contributed by atoms with van der Waals surface area (Å²) in [4.78, 5) is 50.9. The van der Waals surface area contributed by atoms with E-state index < -0.39 is 16.8 Å². The van der Waals surface area contributed by atoms with Crippen LogP contribution in [0, 0.1) is 10.1 Å². The van der Waals surface area contributed by atoms with Crippen molar-refractivity contribution in [2.24, 2.45) is 0 Å². The molecule has 0 atom stereocenters. The molecule has 10 heteroatoms. The molecule has 1 aliphatic heterocycles. The summed E-state index contributed by atoms with van der Waals surface area (Å²) in [6.45, 7) is 1.64. The number of non-ortho nitro benzene ring substituents is 1. The fourth-order valence-electron chi connectivity index (χ4n) is 3.17. The standard InChI is InChI=1S/C20H18ClN3O6/c1-2-30-19(26)12-23-17-6-4-3-5-16(17)22(10-9-18(23)25)20(27)14-8-7-13(24(28)29)11-15(14)21/h3-8,11H,2,9-10,12H2,1H3. The number of esters is 1. The number of carbonyl (C=O) groups excluding carboxylic acids is 3. The highest BCUT2D eigenvalue weighted by Crippen LogP contribution is 2.34. The number of anilines is 2.